The molecule has 0 bridgehead atoms. The summed E-state index contributed by atoms with van der Waals surface area (Å²) in [5.41, 5.74) is 3.94. The SMILES string of the molecule is Cc1cc(C)c(C)c(OCC(=O)N(C)Cc2nc(-c3ccccc3Cl)no2)c1. The molecule has 3 rings (SSSR count). The van der Waals surface area contributed by atoms with Gasteiger partial charge < -0.3 is 14.2 Å². The van der Waals surface area contributed by atoms with Gasteiger partial charge in [-0.15, -0.1) is 0 Å². The molecule has 0 radical (unpaired) electrons. The first kappa shape index (κ1) is 19.9. The molecule has 1 amide bonds. The molecule has 7 heteroatoms. The number of benzene rings is 2. The Bertz CT molecular complexity index is 1000. The highest BCUT2D eigenvalue weighted by Crippen LogP contribution is 2.25. The summed E-state index contributed by atoms with van der Waals surface area (Å²) < 4.78 is 11.0. The Morgan fingerprint density at radius 3 is 2.71 bits per heavy atom. The molecule has 0 N–H and O–H groups in total. The molecule has 3 aromatic rings. The summed E-state index contributed by atoms with van der Waals surface area (Å²) in [7, 11) is 1.67. The predicted octanol–water partition coefficient (Wildman–Crippen LogP) is 4.35. The first-order valence-electron chi connectivity index (χ1n) is 8.87. The van der Waals surface area contributed by atoms with E-state index in [9.17, 15) is 4.79 Å². The van der Waals surface area contributed by atoms with Crippen LogP contribution in [-0.4, -0.2) is 34.6 Å². The number of aromatic nitrogens is 2. The number of ether oxygens (including phenoxy) is 1. The minimum Gasteiger partial charge on any atom is -0.483 e. The van der Waals surface area contributed by atoms with Crippen molar-refractivity contribution in [1.29, 1.82) is 0 Å². The van der Waals surface area contributed by atoms with Crippen LogP contribution in [-0.2, 0) is 11.3 Å². The van der Waals surface area contributed by atoms with E-state index >= 15 is 0 Å². The summed E-state index contributed by atoms with van der Waals surface area (Å²) in [5.74, 6) is 1.26. The number of aryl methyl sites for hydroxylation is 2. The Morgan fingerprint density at radius 2 is 1.96 bits per heavy atom. The van der Waals surface area contributed by atoms with E-state index in [2.05, 4.69) is 16.2 Å². The van der Waals surface area contributed by atoms with Crippen LogP contribution in [0.25, 0.3) is 11.4 Å². The quantitative estimate of drug-likeness (QED) is 0.616. The van der Waals surface area contributed by atoms with Crippen molar-refractivity contribution in [1.82, 2.24) is 15.0 Å². The van der Waals surface area contributed by atoms with Crippen LogP contribution in [0, 0.1) is 20.8 Å². The summed E-state index contributed by atoms with van der Waals surface area (Å²) in [4.78, 5) is 18.2. The highest BCUT2D eigenvalue weighted by Gasteiger charge is 2.17. The van der Waals surface area contributed by atoms with Crippen LogP contribution in [0.3, 0.4) is 0 Å². The maximum atomic E-state index is 12.4. The fourth-order valence-electron chi connectivity index (χ4n) is 2.76. The molecule has 0 fully saturated rings. The third-order valence-corrected chi connectivity index (χ3v) is 4.83. The van der Waals surface area contributed by atoms with Gasteiger partial charge in [0.25, 0.3) is 5.91 Å². The van der Waals surface area contributed by atoms with Crippen LogP contribution in [0.5, 0.6) is 5.75 Å². The summed E-state index contributed by atoms with van der Waals surface area (Å²) in [6, 6.07) is 11.3. The van der Waals surface area contributed by atoms with Crippen molar-refractivity contribution >= 4 is 17.5 Å². The van der Waals surface area contributed by atoms with Crippen LogP contribution >= 0.6 is 11.6 Å². The second kappa shape index (κ2) is 8.44. The molecule has 0 unspecified atom stereocenters. The molecule has 146 valence electrons. The molecule has 28 heavy (non-hydrogen) atoms. The van der Waals surface area contributed by atoms with E-state index in [1.165, 1.54) is 4.90 Å². The zero-order valence-corrected chi connectivity index (χ0v) is 17.1. The topological polar surface area (TPSA) is 68.5 Å². The van der Waals surface area contributed by atoms with Gasteiger partial charge in [-0.2, -0.15) is 4.98 Å². The maximum absolute atomic E-state index is 12.4. The van der Waals surface area contributed by atoms with E-state index in [1.54, 1.807) is 13.1 Å². The fraction of sp³-hybridized carbons (Fsp3) is 0.286. The summed E-state index contributed by atoms with van der Waals surface area (Å²) in [6.07, 6.45) is 0. The smallest absolute Gasteiger partial charge is 0.260 e. The molecule has 1 heterocycles. The molecular formula is C21H22ClN3O3. The van der Waals surface area contributed by atoms with E-state index < -0.39 is 0 Å². The zero-order chi connectivity index (χ0) is 20.3. The monoisotopic (exact) mass is 399 g/mol. The minimum absolute atomic E-state index is 0.0637. The molecule has 1 aromatic heterocycles. The third-order valence-electron chi connectivity index (χ3n) is 4.50. The van der Waals surface area contributed by atoms with Gasteiger partial charge in [-0.05, 0) is 55.7 Å². The number of hydrogen-bond acceptors (Lipinski definition) is 5. The van der Waals surface area contributed by atoms with Crippen molar-refractivity contribution in [3.05, 3.63) is 64.0 Å². The molecule has 0 spiro atoms. The molecule has 0 aliphatic carbocycles. The van der Waals surface area contributed by atoms with Gasteiger partial charge in [0.1, 0.15) is 5.75 Å². The first-order valence-corrected chi connectivity index (χ1v) is 9.25. The molecule has 0 aliphatic rings. The third kappa shape index (κ3) is 4.51. The zero-order valence-electron chi connectivity index (χ0n) is 16.3. The second-order valence-electron chi connectivity index (χ2n) is 6.74. The Morgan fingerprint density at radius 1 is 1.21 bits per heavy atom. The standard InChI is InChI=1S/C21H22ClN3O3/c1-13-9-14(2)15(3)18(10-13)27-12-20(26)25(4)11-19-23-21(24-28-19)16-7-5-6-8-17(16)22/h5-10H,11-12H2,1-4H3. The van der Waals surface area contributed by atoms with Gasteiger partial charge in [0.05, 0.1) is 11.6 Å². The predicted molar refractivity (Wildman–Crippen MR) is 107 cm³/mol. The summed E-state index contributed by atoms with van der Waals surface area (Å²) >= 11 is 6.16. The Balaban J connectivity index is 1.62. The van der Waals surface area contributed by atoms with Gasteiger partial charge in [-0.25, -0.2) is 0 Å². The lowest BCUT2D eigenvalue weighted by atomic mass is 10.1. The Hall–Kier alpha value is -2.86. The van der Waals surface area contributed by atoms with Crippen molar-refractivity contribution in [2.75, 3.05) is 13.7 Å². The number of halogens is 1. The number of carbonyl (C=O) groups is 1. The Kier molecular flexibility index (Phi) is 5.99. The second-order valence-corrected chi connectivity index (χ2v) is 7.14. The number of carbonyl (C=O) groups excluding carboxylic acids is 1. The van der Waals surface area contributed by atoms with E-state index in [4.69, 9.17) is 20.9 Å². The van der Waals surface area contributed by atoms with E-state index in [0.717, 1.165) is 22.4 Å². The fourth-order valence-corrected chi connectivity index (χ4v) is 2.98. The van der Waals surface area contributed by atoms with Gasteiger partial charge in [0, 0.05) is 12.6 Å². The normalized spacial score (nSPS) is 10.8. The highest BCUT2D eigenvalue weighted by atomic mass is 35.5. The number of likely N-dealkylation sites (N-methyl/N-ethyl adjacent to an activating group) is 1. The molecular weight excluding hydrogens is 378 g/mol. The van der Waals surface area contributed by atoms with Crippen LogP contribution in [0.2, 0.25) is 5.02 Å². The molecule has 2 aromatic carbocycles. The largest absolute Gasteiger partial charge is 0.483 e. The number of rotatable bonds is 6. The van der Waals surface area contributed by atoms with E-state index in [1.807, 2.05) is 45.0 Å². The van der Waals surface area contributed by atoms with Gasteiger partial charge in [0.2, 0.25) is 11.7 Å². The van der Waals surface area contributed by atoms with Gasteiger partial charge >= 0.3 is 0 Å². The molecule has 0 saturated carbocycles. The maximum Gasteiger partial charge on any atom is 0.260 e. The number of amides is 1. The number of hydrogen-bond donors (Lipinski definition) is 0. The van der Waals surface area contributed by atoms with Crippen LogP contribution in [0.1, 0.15) is 22.6 Å². The van der Waals surface area contributed by atoms with Gasteiger partial charge in [0.15, 0.2) is 6.61 Å². The summed E-state index contributed by atoms with van der Waals surface area (Å²) in [5, 5.41) is 4.48. The minimum atomic E-state index is -0.184. The van der Waals surface area contributed by atoms with Crippen molar-refractivity contribution < 1.29 is 14.1 Å². The Labute approximate surface area is 169 Å². The first-order chi connectivity index (χ1) is 13.3. The molecule has 6 nitrogen and oxygen atoms in total. The molecule has 0 atom stereocenters. The average Bonchev–Trinajstić information content (AvgIpc) is 3.11. The lowest BCUT2D eigenvalue weighted by Gasteiger charge is -2.17. The van der Waals surface area contributed by atoms with Gasteiger partial charge in [-0.1, -0.05) is 35.0 Å². The average molecular weight is 400 g/mol. The lowest BCUT2D eigenvalue weighted by Crippen LogP contribution is -2.31. The summed E-state index contributed by atoms with van der Waals surface area (Å²) in [6.45, 7) is 6.12. The van der Waals surface area contributed by atoms with Crippen LogP contribution in [0.15, 0.2) is 40.9 Å². The van der Waals surface area contributed by atoms with Crippen molar-refractivity contribution in [2.24, 2.45) is 0 Å². The molecule has 0 aliphatic heterocycles. The van der Waals surface area contributed by atoms with Crippen molar-refractivity contribution in [2.45, 2.75) is 27.3 Å². The number of nitrogens with zero attached hydrogens (tertiary/aromatic N) is 3. The van der Waals surface area contributed by atoms with Crippen molar-refractivity contribution in [3.8, 4) is 17.1 Å². The van der Waals surface area contributed by atoms with E-state index in [0.29, 0.717) is 22.3 Å². The highest BCUT2D eigenvalue weighted by molar-refractivity contribution is 6.33. The lowest BCUT2D eigenvalue weighted by molar-refractivity contribution is -0.132. The van der Waals surface area contributed by atoms with Gasteiger partial charge in [-0.3, -0.25) is 4.79 Å². The van der Waals surface area contributed by atoms with Crippen molar-refractivity contribution in [3.63, 3.8) is 0 Å². The van der Waals surface area contributed by atoms with Crippen LogP contribution in [0.4, 0.5) is 0 Å². The molecule has 0 saturated heterocycles. The van der Waals surface area contributed by atoms with E-state index in [-0.39, 0.29) is 19.1 Å². The van der Waals surface area contributed by atoms with Crippen LogP contribution < -0.4 is 4.74 Å².